The van der Waals surface area contributed by atoms with Crippen molar-refractivity contribution in [2.45, 2.75) is 51.2 Å². The quantitative estimate of drug-likeness (QED) is 0.695. The van der Waals surface area contributed by atoms with Gasteiger partial charge in [-0.25, -0.2) is 0 Å². The van der Waals surface area contributed by atoms with Crippen LogP contribution in [-0.4, -0.2) is 12.2 Å². The fourth-order valence-corrected chi connectivity index (χ4v) is 2.44. The average Bonchev–Trinajstić information content (AvgIpc) is 2.40. The molecule has 98 valence electrons. The van der Waals surface area contributed by atoms with Gasteiger partial charge in [-0.15, -0.1) is 0 Å². The Labute approximate surface area is 115 Å². The van der Waals surface area contributed by atoms with Crippen LogP contribution in [0.1, 0.15) is 38.2 Å². The van der Waals surface area contributed by atoms with E-state index in [2.05, 4.69) is 31.2 Å². The monoisotopic (exact) mass is 264 g/mol. The molecule has 0 spiro atoms. The Morgan fingerprint density at radius 3 is 2.78 bits per heavy atom. The average molecular weight is 265 g/mol. The molecule has 2 heteroatoms. The van der Waals surface area contributed by atoms with E-state index in [9.17, 15) is 0 Å². The summed E-state index contributed by atoms with van der Waals surface area (Å²) in [6.07, 6.45) is 10.8. The van der Waals surface area contributed by atoms with Gasteiger partial charge >= 0.3 is 0 Å². The summed E-state index contributed by atoms with van der Waals surface area (Å²) in [5.41, 5.74) is 1.28. The summed E-state index contributed by atoms with van der Waals surface area (Å²) in [7, 11) is 0. The largest absolute Gasteiger partial charge is 0.370 e. The van der Waals surface area contributed by atoms with Gasteiger partial charge in [0.2, 0.25) is 0 Å². The first-order valence-electron chi connectivity index (χ1n) is 6.84. The van der Waals surface area contributed by atoms with Crippen molar-refractivity contribution < 1.29 is 4.74 Å². The molecule has 2 atom stereocenters. The van der Waals surface area contributed by atoms with E-state index in [-0.39, 0.29) is 6.10 Å². The van der Waals surface area contributed by atoms with Gasteiger partial charge in [0.15, 0.2) is 0 Å². The fourth-order valence-electron chi connectivity index (χ4n) is 2.32. The van der Waals surface area contributed by atoms with Gasteiger partial charge < -0.3 is 4.74 Å². The molecule has 0 amide bonds. The zero-order chi connectivity index (χ0) is 12.8. The van der Waals surface area contributed by atoms with E-state index in [4.69, 9.17) is 16.3 Å². The molecular weight excluding hydrogens is 244 g/mol. The summed E-state index contributed by atoms with van der Waals surface area (Å²) in [6.45, 7) is 2.23. The summed E-state index contributed by atoms with van der Waals surface area (Å²) in [5.74, 6) is 0. The molecule has 18 heavy (non-hydrogen) atoms. The Morgan fingerprint density at radius 1 is 1.28 bits per heavy atom. The van der Waals surface area contributed by atoms with E-state index in [1.54, 1.807) is 0 Å². The van der Waals surface area contributed by atoms with Gasteiger partial charge in [0.05, 0.1) is 12.2 Å². The smallest absolute Gasteiger partial charge is 0.0800 e. The number of hydrogen-bond acceptors (Lipinski definition) is 1. The van der Waals surface area contributed by atoms with Crippen LogP contribution in [0.3, 0.4) is 0 Å². The van der Waals surface area contributed by atoms with Crippen LogP contribution in [0.4, 0.5) is 0 Å². The Bertz CT molecular complexity index is 383. The molecule has 0 saturated carbocycles. The molecule has 2 rings (SSSR count). The molecule has 1 heterocycles. The van der Waals surface area contributed by atoms with Gasteiger partial charge in [0, 0.05) is 11.4 Å². The highest BCUT2D eigenvalue weighted by Gasteiger charge is 2.17. The first kappa shape index (κ1) is 13.6. The van der Waals surface area contributed by atoms with Crippen LogP contribution in [0.2, 0.25) is 5.02 Å². The molecule has 1 aliphatic heterocycles. The van der Waals surface area contributed by atoms with Crippen molar-refractivity contribution in [2.24, 2.45) is 0 Å². The minimum atomic E-state index is 0.224. The third-order valence-corrected chi connectivity index (χ3v) is 3.60. The second-order valence-corrected chi connectivity index (χ2v) is 5.37. The lowest BCUT2D eigenvalue weighted by atomic mass is 10.0. The number of benzene rings is 1. The number of rotatable bonds is 5. The minimum Gasteiger partial charge on any atom is -0.370 e. The minimum absolute atomic E-state index is 0.224. The van der Waals surface area contributed by atoms with E-state index in [1.807, 2.05) is 12.1 Å². The molecule has 1 nitrogen and oxygen atoms in total. The predicted molar refractivity (Wildman–Crippen MR) is 77.1 cm³/mol. The van der Waals surface area contributed by atoms with Crippen LogP contribution in [0, 0.1) is 0 Å². The second kappa shape index (κ2) is 6.96. The molecule has 1 aromatic carbocycles. The second-order valence-electron chi connectivity index (χ2n) is 4.93. The standard InChI is InChI=1S/C16H21ClO/c1-2-3-5-15-6-4-7-16(18-15)12-13-8-10-14(17)11-9-13/h4,7-11,15-16H,2-3,5-6,12H2,1H3/t15-,16-/m0/s1. The molecule has 0 saturated heterocycles. The molecule has 0 radical (unpaired) electrons. The van der Waals surface area contributed by atoms with Gasteiger partial charge in [-0.3, -0.25) is 0 Å². The zero-order valence-corrected chi connectivity index (χ0v) is 11.7. The van der Waals surface area contributed by atoms with Crippen molar-refractivity contribution in [2.75, 3.05) is 0 Å². The maximum Gasteiger partial charge on any atom is 0.0800 e. The van der Waals surface area contributed by atoms with Gasteiger partial charge in [0.25, 0.3) is 0 Å². The molecule has 0 fully saturated rings. The Hall–Kier alpha value is -0.790. The first-order chi connectivity index (χ1) is 8.78. The van der Waals surface area contributed by atoms with E-state index < -0.39 is 0 Å². The van der Waals surface area contributed by atoms with Crippen LogP contribution in [0.25, 0.3) is 0 Å². The van der Waals surface area contributed by atoms with Gasteiger partial charge in [-0.05, 0) is 30.5 Å². The van der Waals surface area contributed by atoms with Gasteiger partial charge in [0.1, 0.15) is 0 Å². The summed E-state index contributed by atoms with van der Waals surface area (Å²) in [5, 5.41) is 0.791. The normalized spacial score (nSPS) is 23.2. The molecule has 0 aliphatic carbocycles. The first-order valence-corrected chi connectivity index (χ1v) is 7.22. The predicted octanol–water partition coefficient (Wildman–Crippen LogP) is 4.79. The Morgan fingerprint density at radius 2 is 2.06 bits per heavy atom. The van der Waals surface area contributed by atoms with Crippen molar-refractivity contribution in [1.29, 1.82) is 0 Å². The summed E-state index contributed by atoms with van der Waals surface area (Å²) in [4.78, 5) is 0. The Kier molecular flexibility index (Phi) is 5.27. The van der Waals surface area contributed by atoms with Gasteiger partial charge in [-0.2, -0.15) is 0 Å². The maximum atomic E-state index is 6.10. The highest BCUT2D eigenvalue weighted by molar-refractivity contribution is 6.30. The maximum absolute atomic E-state index is 6.10. The topological polar surface area (TPSA) is 9.23 Å². The van der Waals surface area contributed by atoms with E-state index >= 15 is 0 Å². The van der Waals surface area contributed by atoms with Crippen molar-refractivity contribution in [3.8, 4) is 0 Å². The fraction of sp³-hybridized carbons (Fsp3) is 0.500. The number of ether oxygens (including phenoxy) is 1. The molecule has 1 aliphatic rings. The van der Waals surface area contributed by atoms with Crippen molar-refractivity contribution in [3.05, 3.63) is 47.0 Å². The molecule has 0 N–H and O–H groups in total. The number of hydrogen-bond donors (Lipinski definition) is 0. The lowest BCUT2D eigenvalue weighted by Crippen LogP contribution is -2.25. The van der Waals surface area contributed by atoms with Crippen LogP contribution < -0.4 is 0 Å². The third kappa shape index (κ3) is 4.15. The van der Waals surface area contributed by atoms with Crippen molar-refractivity contribution in [3.63, 3.8) is 0 Å². The van der Waals surface area contributed by atoms with Crippen LogP contribution in [0.5, 0.6) is 0 Å². The van der Waals surface area contributed by atoms with Crippen LogP contribution in [-0.2, 0) is 11.2 Å². The van der Waals surface area contributed by atoms with E-state index in [0.717, 1.165) is 17.9 Å². The molecular formula is C16H21ClO. The summed E-state index contributed by atoms with van der Waals surface area (Å²) in [6, 6.07) is 8.04. The molecule has 0 aromatic heterocycles. The van der Waals surface area contributed by atoms with Gasteiger partial charge in [-0.1, -0.05) is 55.7 Å². The summed E-state index contributed by atoms with van der Waals surface area (Å²) >= 11 is 5.89. The van der Waals surface area contributed by atoms with Crippen molar-refractivity contribution >= 4 is 11.6 Å². The highest BCUT2D eigenvalue weighted by Crippen LogP contribution is 2.20. The Balaban J connectivity index is 1.87. The zero-order valence-electron chi connectivity index (χ0n) is 10.9. The molecule has 0 bridgehead atoms. The SMILES string of the molecule is CCCC[C@H]1CC=C[C@@H](Cc2ccc(Cl)cc2)O1. The molecule has 1 aromatic rings. The lowest BCUT2D eigenvalue weighted by Gasteiger charge is -2.26. The highest BCUT2D eigenvalue weighted by atomic mass is 35.5. The van der Waals surface area contributed by atoms with Crippen molar-refractivity contribution in [1.82, 2.24) is 0 Å². The molecule has 0 unspecified atom stereocenters. The van der Waals surface area contributed by atoms with Crippen LogP contribution >= 0.6 is 11.6 Å². The van der Waals surface area contributed by atoms with E-state index in [1.165, 1.54) is 24.8 Å². The van der Waals surface area contributed by atoms with E-state index in [0.29, 0.717) is 6.10 Å². The third-order valence-electron chi connectivity index (χ3n) is 3.35. The summed E-state index contributed by atoms with van der Waals surface area (Å²) < 4.78 is 6.10. The number of unbranched alkanes of at least 4 members (excludes halogenated alkanes) is 1. The number of halogens is 1. The van der Waals surface area contributed by atoms with Crippen LogP contribution in [0.15, 0.2) is 36.4 Å². The lowest BCUT2D eigenvalue weighted by molar-refractivity contribution is 0.00112.